The highest BCUT2D eigenvalue weighted by molar-refractivity contribution is 6.33. The Morgan fingerprint density at radius 1 is 1.19 bits per heavy atom. The third-order valence-electron chi connectivity index (χ3n) is 6.93. The Morgan fingerprint density at radius 3 is 2.45 bits per heavy atom. The number of nitrogens with two attached hydrogens (primary N) is 1. The molecule has 2 atom stereocenters. The Kier molecular flexibility index (Phi) is 7.42. The molecule has 2 aliphatic heterocycles. The van der Waals surface area contributed by atoms with Gasteiger partial charge < -0.3 is 20.1 Å². The van der Waals surface area contributed by atoms with Crippen LogP contribution in [0.5, 0.6) is 6.01 Å². The Bertz CT molecular complexity index is 1590. The molecule has 2 bridgehead atoms. The standard InChI is InChI=1S/C27H26ClF4N7O3/c1-26(2,3)42-25(40)39-13-4-5-14(39)11-38(10-13)23-16-9-35-22(19-15(8-33)18(34)7-6-17(19)28)20(29)21(16)36-24(37-23)41-12-27(30,31)32/h6-7,9,13-14H,4-5,10-12,34H2,1-3H3/t13-,14+. The van der Waals surface area contributed by atoms with Crippen LogP contribution in [0.3, 0.4) is 0 Å². The zero-order valence-electron chi connectivity index (χ0n) is 22.8. The molecule has 2 saturated heterocycles. The fourth-order valence-corrected chi connectivity index (χ4v) is 5.53. The van der Waals surface area contributed by atoms with E-state index in [1.807, 2.05) is 6.07 Å². The molecule has 42 heavy (non-hydrogen) atoms. The zero-order valence-corrected chi connectivity index (χ0v) is 23.6. The van der Waals surface area contributed by atoms with Gasteiger partial charge in [0, 0.05) is 24.8 Å². The van der Waals surface area contributed by atoms with Gasteiger partial charge in [0.2, 0.25) is 0 Å². The van der Waals surface area contributed by atoms with Gasteiger partial charge in [0.15, 0.2) is 12.4 Å². The first-order valence-electron chi connectivity index (χ1n) is 13.0. The summed E-state index contributed by atoms with van der Waals surface area (Å²) in [5, 5.41) is 9.72. The lowest BCUT2D eigenvalue weighted by Gasteiger charge is -2.42. The number of nitrogen functional groups attached to an aromatic ring is 1. The summed E-state index contributed by atoms with van der Waals surface area (Å²) >= 11 is 6.29. The van der Waals surface area contributed by atoms with Crippen LogP contribution in [-0.4, -0.2) is 69.5 Å². The molecule has 2 N–H and O–H groups in total. The molecule has 0 saturated carbocycles. The van der Waals surface area contributed by atoms with Crippen molar-refractivity contribution in [3.8, 4) is 23.3 Å². The van der Waals surface area contributed by atoms with E-state index in [1.54, 1.807) is 30.6 Å². The van der Waals surface area contributed by atoms with Crippen molar-refractivity contribution in [1.29, 1.82) is 5.26 Å². The Hall–Kier alpha value is -4.12. The number of carbonyl (C=O) groups is 1. The van der Waals surface area contributed by atoms with E-state index in [0.29, 0.717) is 12.8 Å². The molecule has 0 spiro atoms. The molecule has 3 aromatic rings. The topological polar surface area (TPSA) is 130 Å². The number of rotatable bonds is 4. The number of anilines is 2. The second-order valence-corrected chi connectivity index (χ2v) is 11.5. The SMILES string of the molecule is CC(C)(C)OC(=O)N1[C@@H]2CC[C@H]1CN(c1nc(OCC(F)(F)F)nc3c(F)c(-c4c(Cl)ccc(N)c4C#N)ncc13)C2. The van der Waals surface area contributed by atoms with Gasteiger partial charge in [-0.3, -0.25) is 9.88 Å². The number of hydrogen-bond donors (Lipinski definition) is 1. The third-order valence-corrected chi connectivity index (χ3v) is 7.24. The number of alkyl halides is 3. The van der Waals surface area contributed by atoms with Gasteiger partial charge in [-0.2, -0.15) is 28.4 Å². The molecule has 4 heterocycles. The van der Waals surface area contributed by atoms with Gasteiger partial charge in [-0.25, -0.2) is 9.18 Å². The molecule has 2 aliphatic rings. The molecule has 10 nitrogen and oxygen atoms in total. The maximum atomic E-state index is 16.1. The second-order valence-electron chi connectivity index (χ2n) is 11.1. The highest BCUT2D eigenvalue weighted by Crippen LogP contribution is 2.40. The molecule has 0 radical (unpaired) electrons. The van der Waals surface area contributed by atoms with Crippen molar-refractivity contribution in [2.75, 3.05) is 30.3 Å². The molecule has 1 aromatic carbocycles. The monoisotopic (exact) mass is 607 g/mol. The minimum Gasteiger partial charge on any atom is -0.454 e. The Morgan fingerprint density at radius 2 is 1.86 bits per heavy atom. The van der Waals surface area contributed by atoms with Gasteiger partial charge in [-0.05, 0) is 45.7 Å². The minimum absolute atomic E-state index is 0.0100. The number of carbonyl (C=O) groups excluding carboxylic acids is 1. The molecule has 5 rings (SSSR count). The van der Waals surface area contributed by atoms with Crippen LogP contribution in [0.1, 0.15) is 39.2 Å². The van der Waals surface area contributed by atoms with E-state index in [0.717, 1.165) is 0 Å². The maximum absolute atomic E-state index is 16.1. The average molecular weight is 608 g/mol. The highest BCUT2D eigenvalue weighted by atomic mass is 35.5. The van der Waals surface area contributed by atoms with Crippen molar-refractivity contribution in [3.63, 3.8) is 0 Å². The fraction of sp³-hybridized carbons (Fsp3) is 0.444. The number of halogens is 5. The first kappa shape index (κ1) is 29.4. The third kappa shape index (κ3) is 5.65. The van der Waals surface area contributed by atoms with Gasteiger partial charge in [0.25, 0.3) is 0 Å². The second kappa shape index (κ2) is 10.6. The molecular weight excluding hydrogens is 582 g/mol. The summed E-state index contributed by atoms with van der Waals surface area (Å²) in [5.41, 5.74) is 4.29. The Balaban J connectivity index is 1.60. The summed E-state index contributed by atoms with van der Waals surface area (Å²) in [6.45, 7) is 4.11. The molecule has 2 fully saturated rings. The van der Waals surface area contributed by atoms with Gasteiger partial charge >= 0.3 is 18.3 Å². The summed E-state index contributed by atoms with van der Waals surface area (Å²) in [4.78, 5) is 28.7. The quantitative estimate of drug-likeness (QED) is 0.303. The molecule has 1 amide bonds. The number of fused-ring (bicyclic) bond motifs is 3. The fourth-order valence-electron chi connectivity index (χ4n) is 5.28. The van der Waals surface area contributed by atoms with Gasteiger partial charge in [0.05, 0.1) is 33.7 Å². The lowest BCUT2D eigenvalue weighted by molar-refractivity contribution is -0.154. The first-order chi connectivity index (χ1) is 19.7. The predicted octanol–water partition coefficient (Wildman–Crippen LogP) is 5.47. The van der Waals surface area contributed by atoms with E-state index in [2.05, 4.69) is 15.0 Å². The lowest BCUT2D eigenvalue weighted by atomic mass is 10.0. The van der Waals surface area contributed by atoms with Crippen molar-refractivity contribution in [2.24, 2.45) is 0 Å². The van der Waals surface area contributed by atoms with Crippen LogP contribution in [0.15, 0.2) is 18.3 Å². The first-order valence-corrected chi connectivity index (χ1v) is 13.3. The number of ether oxygens (including phenoxy) is 2. The summed E-state index contributed by atoms with van der Waals surface area (Å²) < 4.78 is 65.6. The van der Waals surface area contributed by atoms with E-state index in [1.165, 1.54) is 18.3 Å². The molecule has 15 heteroatoms. The number of amides is 1. The smallest absolute Gasteiger partial charge is 0.422 e. The van der Waals surface area contributed by atoms with Crippen molar-refractivity contribution in [1.82, 2.24) is 19.9 Å². The van der Waals surface area contributed by atoms with E-state index in [9.17, 15) is 23.2 Å². The lowest BCUT2D eigenvalue weighted by Crippen LogP contribution is -2.57. The van der Waals surface area contributed by atoms with Crippen LogP contribution >= 0.6 is 11.6 Å². The van der Waals surface area contributed by atoms with E-state index in [4.69, 9.17) is 26.8 Å². The van der Waals surface area contributed by atoms with Gasteiger partial charge in [0.1, 0.15) is 28.7 Å². The van der Waals surface area contributed by atoms with Crippen LogP contribution in [-0.2, 0) is 4.74 Å². The molecule has 0 unspecified atom stereocenters. The Labute approximate surface area is 243 Å². The van der Waals surface area contributed by atoms with Crippen LogP contribution < -0.4 is 15.4 Å². The molecule has 222 valence electrons. The predicted molar refractivity (Wildman–Crippen MR) is 146 cm³/mol. The highest BCUT2D eigenvalue weighted by Gasteiger charge is 2.45. The van der Waals surface area contributed by atoms with E-state index < -0.39 is 36.3 Å². The molecule has 0 aliphatic carbocycles. The normalized spacial score (nSPS) is 18.7. The van der Waals surface area contributed by atoms with Crippen LogP contribution in [0.2, 0.25) is 5.02 Å². The van der Waals surface area contributed by atoms with Crippen molar-refractivity contribution in [3.05, 3.63) is 34.7 Å². The largest absolute Gasteiger partial charge is 0.454 e. The number of hydrogen-bond acceptors (Lipinski definition) is 9. The van der Waals surface area contributed by atoms with Crippen LogP contribution in [0.25, 0.3) is 22.2 Å². The number of aromatic nitrogens is 3. The van der Waals surface area contributed by atoms with Crippen molar-refractivity contribution in [2.45, 2.75) is 57.5 Å². The summed E-state index contributed by atoms with van der Waals surface area (Å²) in [5.74, 6) is -0.956. The summed E-state index contributed by atoms with van der Waals surface area (Å²) in [7, 11) is 0. The van der Waals surface area contributed by atoms with Crippen LogP contribution in [0.4, 0.5) is 33.9 Å². The summed E-state index contributed by atoms with van der Waals surface area (Å²) in [6, 6.07) is 3.40. The summed E-state index contributed by atoms with van der Waals surface area (Å²) in [6.07, 6.45) is -2.55. The van der Waals surface area contributed by atoms with Crippen LogP contribution in [0, 0.1) is 17.1 Å². The van der Waals surface area contributed by atoms with Crippen molar-refractivity contribution >= 4 is 40.1 Å². The van der Waals surface area contributed by atoms with E-state index >= 15 is 4.39 Å². The number of pyridine rings is 1. The molecular formula is C27H26ClF4N7O3. The van der Waals surface area contributed by atoms with Gasteiger partial charge in [-0.1, -0.05) is 11.6 Å². The number of nitrogens with zero attached hydrogens (tertiary/aromatic N) is 6. The zero-order chi connectivity index (χ0) is 30.6. The number of piperazine rings is 1. The van der Waals surface area contributed by atoms with Crippen molar-refractivity contribution < 1.29 is 31.8 Å². The average Bonchev–Trinajstić information content (AvgIpc) is 3.17. The van der Waals surface area contributed by atoms with Gasteiger partial charge in [-0.15, -0.1) is 0 Å². The maximum Gasteiger partial charge on any atom is 0.422 e. The minimum atomic E-state index is -4.70. The molecule has 2 aromatic heterocycles. The number of benzene rings is 1. The van der Waals surface area contributed by atoms with E-state index in [-0.39, 0.29) is 69.4 Å². The number of nitriles is 1.